The minimum Gasteiger partial charge on any atom is -0.378 e. The van der Waals surface area contributed by atoms with Crippen LogP contribution in [0.1, 0.15) is 25.3 Å². The third kappa shape index (κ3) is 2.63. The first-order valence-corrected chi connectivity index (χ1v) is 6.22. The standard InChI is InChI=1S/C14H21NO/c1-2-14-12(8-9-16-14)13(15)10-11-6-4-3-5-7-11/h3-7,12-14H,2,8-10,15H2,1H3. The molecule has 2 heteroatoms. The summed E-state index contributed by atoms with van der Waals surface area (Å²) in [6.07, 6.45) is 3.53. The fourth-order valence-electron chi connectivity index (χ4n) is 2.61. The van der Waals surface area contributed by atoms with Crippen LogP contribution in [0.4, 0.5) is 0 Å². The number of hydrogen-bond donors (Lipinski definition) is 1. The van der Waals surface area contributed by atoms with Gasteiger partial charge in [-0.05, 0) is 24.8 Å². The summed E-state index contributed by atoms with van der Waals surface area (Å²) in [7, 11) is 0. The molecule has 1 heterocycles. The van der Waals surface area contributed by atoms with Gasteiger partial charge in [0.25, 0.3) is 0 Å². The lowest BCUT2D eigenvalue weighted by Crippen LogP contribution is -2.36. The molecule has 3 atom stereocenters. The van der Waals surface area contributed by atoms with Crippen LogP contribution in [0, 0.1) is 5.92 Å². The molecule has 88 valence electrons. The summed E-state index contributed by atoms with van der Waals surface area (Å²) in [5.74, 6) is 0.533. The highest BCUT2D eigenvalue weighted by Crippen LogP contribution is 2.27. The summed E-state index contributed by atoms with van der Waals surface area (Å²) in [6, 6.07) is 10.7. The predicted molar refractivity (Wildman–Crippen MR) is 66.3 cm³/mol. The van der Waals surface area contributed by atoms with Crippen molar-refractivity contribution in [3.8, 4) is 0 Å². The second-order valence-electron chi connectivity index (χ2n) is 4.62. The van der Waals surface area contributed by atoms with Gasteiger partial charge in [0.15, 0.2) is 0 Å². The molecule has 2 rings (SSSR count). The molecule has 0 radical (unpaired) electrons. The second-order valence-corrected chi connectivity index (χ2v) is 4.62. The zero-order chi connectivity index (χ0) is 11.4. The highest BCUT2D eigenvalue weighted by Gasteiger charge is 2.31. The number of hydrogen-bond acceptors (Lipinski definition) is 2. The zero-order valence-electron chi connectivity index (χ0n) is 9.93. The van der Waals surface area contributed by atoms with Crippen LogP contribution in [0.2, 0.25) is 0 Å². The summed E-state index contributed by atoms with van der Waals surface area (Å²) >= 11 is 0. The first-order chi connectivity index (χ1) is 7.81. The number of rotatable bonds is 4. The van der Waals surface area contributed by atoms with E-state index in [0.29, 0.717) is 12.0 Å². The Labute approximate surface area is 97.8 Å². The minimum absolute atomic E-state index is 0.231. The topological polar surface area (TPSA) is 35.2 Å². The molecule has 1 aromatic rings. The maximum Gasteiger partial charge on any atom is 0.0616 e. The Balaban J connectivity index is 1.95. The lowest BCUT2D eigenvalue weighted by atomic mass is 9.88. The van der Waals surface area contributed by atoms with Gasteiger partial charge in [-0.25, -0.2) is 0 Å². The van der Waals surface area contributed by atoms with E-state index in [1.807, 2.05) is 6.07 Å². The van der Waals surface area contributed by atoms with Crippen molar-refractivity contribution in [3.05, 3.63) is 35.9 Å². The van der Waals surface area contributed by atoms with Crippen molar-refractivity contribution in [1.29, 1.82) is 0 Å². The molecule has 0 saturated carbocycles. The fourth-order valence-corrected chi connectivity index (χ4v) is 2.61. The highest BCUT2D eigenvalue weighted by molar-refractivity contribution is 5.16. The molecule has 0 spiro atoms. The molecule has 3 unspecified atom stereocenters. The van der Waals surface area contributed by atoms with Crippen LogP contribution in [-0.4, -0.2) is 18.8 Å². The SMILES string of the molecule is CCC1OCCC1C(N)Cc1ccccc1. The maximum atomic E-state index is 6.30. The van der Waals surface area contributed by atoms with Crippen molar-refractivity contribution in [3.63, 3.8) is 0 Å². The molecular weight excluding hydrogens is 198 g/mol. The van der Waals surface area contributed by atoms with Gasteiger partial charge in [-0.1, -0.05) is 37.3 Å². The van der Waals surface area contributed by atoms with Gasteiger partial charge in [0.2, 0.25) is 0 Å². The van der Waals surface area contributed by atoms with Gasteiger partial charge >= 0.3 is 0 Å². The molecule has 2 nitrogen and oxygen atoms in total. The van der Waals surface area contributed by atoms with Crippen LogP contribution < -0.4 is 5.73 Å². The van der Waals surface area contributed by atoms with Gasteiger partial charge in [0.1, 0.15) is 0 Å². The van der Waals surface area contributed by atoms with Crippen LogP contribution in [0.15, 0.2) is 30.3 Å². The van der Waals surface area contributed by atoms with Crippen molar-refractivity contribution in [2.24, 2.45) is 11.7 Å². The summed E-state index contributed by atoms with van der Waals surface area (Å²) in [5, 5.41) is 0. The molecule has 1 saturated heterocycles. The predicted octanol–water partition coefficient (Wildman–Crippen LogP) is 2.37. The van der Waals surface area contributed by atoms with Crippen molar-refractivity contribution in [1.82, 2.24) is 0 Å². The van der Waals surface area contributed by atoms with E-state index in [-0.39, 0.29) is 6.04 Å². The molecule has 1 aromatic carbocycles. The average molecular weight is 219 g/mol. The quantitative estimate of drug-likeness (QED) is 0.843. The van der Waals surface area contributed by atoms with Gasteiger partial charge in [0, 0.05) is 18.6 Å². The van der Waals surface area contributed by atoms with E-state index in [1.54, 1.807) is 0 Å². The van der Waals surface area contributed by atoms with E-state index in [4.69, 9.17) is 10.5 Å². The van der Waals surface area contributed by atoms with Crippen LogP contribution in [-0.2, 0) is 11.2 Å². The van der Waals surface area contributed by atoms with Crippen molar-refractivity contribution < 1.29 is 4.74 Å². The second kappa shape index (κ2) is 5.46. The molecule has 1 aliphatic rings. The lowest BCUT2D eigenvalue weighted by molar-refractivity contribution is 0.0814. The zero-order valence-corrected chi connectivity index (χ0v) is 9.93. The Hall–Kier alpha value is -0.860. The Morgan fingerprint density at radius 2 is 2.12 bits per heavy atom. The Kier molecular flexibility index (Phi) is 3.97. The highest BCUT2D eigenvalue weighted by atomic mass is 16.5. The molecule has 0 aliphatic carbocycles. The van der Waals surface area contributed by atoms with E-state index in [1.165, 1.54) is 5.56 Å². The van der Waals surface area contributed by atoms with E-state index in [9.17, 15) is 0 Å². The summed E-state index contributed by atoms with van der Waals surface area (Å²) in [4.78, 5) is 0. The normalized spacial score (nSPS) is 26.9. The van der Waals surface area contributed by atoms with Gasteiger partial charge in [-0.15, -0.1) is 0 Å². The first-order valence-electron chi connectivity index (χ1n) is 6.22. The maximum absolute atomic E-state index is 6.30. The van der Waals surface area contributed by atoms with Gasteiger partial charge in [-0.3, -0.25) is 0 Å². The van der Waals surface area contributed by atoms with Gasteiger partial charge < -0.3 is 10.5 Å². The summed E-state index contributed by atoms with van der Waals surface area (Å²) < 4.78 is 5.69. The molecule has 0 amide bonds. The lowest BCUT2D eigenvalue weighted by Gasteiger charge is -2.23. The summed E-state index contributed by atoms with van der Waals surface area (Å²) in [5.41, 5.74) is 7.63. The van der Waals surface area contributed by atoms with E-state index in [0.717, 1.165) is 25.9 Å². The fraction of sp³-hybridized carbons (Fsp3) is 0.571. The van der Waals surface area contributed by atoms with Gasteiger partial charge in [0.05, 0.1) is 6.10 Å². The van der Waals surface area contributed by atoms with E-state index >= 15 is 0 Å². The molecule has 2 N–H and O–H groups in total. The molecule has 16 heavy (non-hydrogen) atoms. The molecule has 1 fully saturated rings. The minimum atomic E-state index is 0.231. The van der Waals surface area contributed by atoms with Crippen LogP contribution in [0.3, 0.4) is 0 Å². The number of nitrogens with two attached hydrogens (primary N) is 1. The third-order valence-electron chi connectivity index (χ3n) is 3.53. The molecule has 0 bridgehead atoms. The smallest absolute Gasteiger partial charge is 0.0616 e. The molecule has 1 aliphatic heterocycles. The molecular formula is C14H21NO. The Morgan fingerprint density at radius 3 is 2.81 bits per heavy atom. The summed E-state index contributed by atoms with van der Waals surface area (Å²) in [6.45, 7) is 3.06. The largest absolute Gasteiger partial charge is 0.378 e. The van der Waals surface area contributed by atoms with E-state index in [2.05, 4.69) is 31.2 Å². The number of ether oxygens (including phenoxy) is 1. The van der Waals surface area contributed by atoms with Crippen molar-refractivity contribution >= 4 is 0 Å². The van der Waals surface area contributed by atoms with Crippen LogP contribution in [0.25, 0.3) is 0 Å². The first kappa shape index (κ1) is 11.6. The Bertz CT molecular complexity index is 312. The van der Waals surface area contributed by atoms with Crippen molar-refractivity contribution in [2.75, 3.05) is 6.61 Å². The van der Waals surface area contributed by atoms with Crippen LogP contribution in [0.5, 0.6) is 0 Å². The van der Waals surface area contributed by atoms with Gasteiger partial charge in [-0.2, -0.15) is 0 Å². The molecule has 0 aromatic heterocycles. The Morgan fingerprint density at radius 1 is 1.38 bits per heavy atom. The third-order valence-corrected chi connectivity index (χ3v) is 3.53. The number of benzene rings is 1. The van der Waals surface area contributed by atoms with Crippen LogP contribution >= 0.6 is 0 Å². The monoisotopic (exact) mass is 219 g/mol. The van der Waals surface area contributed by atoms with Crippen molar-refractivity contribution in [2.45, 2.75) is 38.3 Å². The van der Waals surface area contributed by atoms with E-state index < -0.39 is 0 Å². The average Bonchev–Trinajstić information content (AvgIpc) is 2.78.